The van der Waals surface area contributed by atoms with E-state index in [1.165, 1.54) is 48.5 Å². The molecule has 1 saturated heterocycles. The first kappa shape index (κ1) is 25.2. The number of hydrogen-bond acceptors (Lipinski definition) is 8. The number of anilines is 1. The minimum absolute atomic E-state index is 0.0101. The van der Waals surface area contributed by atoms with Crippen LogP contribution >= 0.6 is 0 Å². The molecule has 10 heteroatoms. The summed E-state index contributed by atoms with van der Waals surface area (Å²) in [5, 5.41) is 10.7. The lowest BCUT2D eigenvalue weighted by atomic mass is 10.1. The number of nitro groups is 1. The van der Waals surface area contributed by atoms with Crippen LogP contribution in [0.4, 0.5) is 11.4 Å². The molecule has 0 bridgehead atoms. The predicted octanol–water partition coefficient (Wildman–Crippen LogP) is 3.90. The summed E-state index contributed by atoms with van der Waals surface area (Å²) in [5.74, 6) is -2.47. The number of rotatable bonds is 8. The molecule has 188 valence electrons. The number of carbonyl (C=O) groups is 4. The van der Waals surface area contributed by atoms with Gasteiger partial charge in [0.1, 0.15) is 5.75 Å². The van der Waals surface area contributed by atoms with Crippen LogP contribution in [0.15, 0.2) is 72.8 Å². The number of ketones is 1. The Morgan fingerprint density at radius 1 is 0.973 bits per heavy atom. The molecule has 1 atom stereocenters. The van der Waals surface area contributed by atoms with Crippen molar-refractivity contribution in [1.29, 1.82) is 0 Å². The van der Waals surface area contributed by atoms with Crippen molar-refractivity contribution in [3.8, 4) is 5.75 Å². The van der Waals surface area contributed by atoms with Gasteiger partial charge in [-0.3, -0.25) is 24.5 Å². The standard InChI is InChI=1S/C27H22N2O8/c1-17-4-2-3-5-23(17)28-15-20(14-25(28)31)26(32)36-16-24(30)18-8-12-22(13-9-18)37-27(33)19-6-10-21(11-7-19)29(34)35/h2-13,20H,14-16H2,1H3/t20-/m1/s1. The summed E-state index contributed by atoms with van der Waals surface area (Å²) in [6.07, 6.45) is 0.0101. The fourth-order valence-electron chi connectivity index (χ4n) is 3.90. The number of aryl methyl sites for hydroxylation is 1. The molecular weight excluding hydrogens is 480 g/mol. The Labute approximate surface area is 211 Å². The largest absolute Gasteiger partial charge is 0.457 e. The zero-order valence-corrected chi connectivity index (χ0v) is 19.8. The fourth-order valence-corrected chi connectivity index (χ4v) is 3.90. The maximum Gasteiger partial charge on any atom is 0.343 e. The third kappa shape index (κ3) is 5.87. The number of benzene rings is 3. The lowest BCUT2D eigenvalue weighted by Crippen LogP contribution is -2.27. The summed E-state index contributed by atoms with van der Waals surface area (Å²) in [6, 6.07) is 18.0. The van der Waals surface area contributed by atoms with Crippen molar-refractivity contribution in [2.45, 2.75) is 13.3 Å². The predicted molar refractivity (Wildman–Crippen MR) is 131 cm³/mol. The Kier molecular flexibility index (Phi) is 7.38. The molecule has 3 aromatic carbocycles. The molecule has 1 aliphatic rings. The highest BCUT2D eigenvalue weighted by Crippen LogP contribution is 2.28. The van der Waals surface area contributed by atoms with Gasteiger partial charge in [0, 0.05) is 36.3 Å². The number of esters is 2. The van der Waals surface area contributed by atoms with Crippen molar-refractivity contribution >= 4 is 35.0 Å². The van der Waals surface area contributed by atoms with Crippen LogP contribution in [0.5, 0.6) is 5.75 Å². The molecule has 0 unspecified atom stereocenters. The van der Waals surface area contributed by atoms with Gasteiger partial charge in [0.25, 0.3) is 5.69 Å². The molecule has 4 rings (SSSR count). The van der Waals surface area contributed by atoms with E-state index in [0.29, 0.717) is 0 Å². The molecule has 0 aliphatic carbocycles. The number of hydrogen-bond donors (Lipinski definition) is 0. The second-order valence-electron chi connectivity index (χ2n) is 8.44. The molecule has 37 heavy (non-hydrogen) atoms. The first-order valence-corrected chi connectivity index (χ1v) is 11.4. The third-order valence-electron chi connectivity index (χ3n) is 5.91. The smallest absolute Gasteiger partial charge is 0.343 e. The summed E-state index contributed by atoms with van der Waals surface area (Å²) < 4.78 is 10.4. The average molecular weight is 502 g/mol. The van der Waals surface area contributed by atoms with Crippen LogP contribution in [0.2, 0.25) is 0 Å². The number of nitrogens with zero attached hydrogens (tertiary/aromatic N) is 2. The van der Waals surface area contributed by atoms with Gasteiger partial charge in [-0.15, -0.1) is 0 Å². The van der Waals surface area contributed by atoms with Gasteiger partial charge in [0.15, 0.2) is 12.4 Å². The van der Waals surface area contributed by atoms with E-state index in [0.717, 1.165) is 11.3 Å². The van der Waals surface area contributed by atoms with Crippen LogP contribution in [-0.2, 0) is 14.3 Å². The molecule has 1 aliphatic heterocycles. The number of Topliss-reactive ketones (excluding diaryl/α,β-unsaturated/α-hetero) is 1. The molecular formula is C27H22N2O8. The van der Waals surface area contributed by atoms with Gasteiger partial charge in [-0.2, -0.15) is 0 Å². The summed E-state index contributed by atoms with van der Waals surface area (Å²) >= 11 is 0. The van der Waals surface area contributed by atoms with Crippen LogP contribution in [0, 0.1) is 23.0 Å². The van der Waals surface area contributed by atoms with Gasteiger partial charge in [-0.25, -0.2) is 4.79 Å². The van der Waals surface area contributed by atoms with Gasteiger partial charge in [0.2, 0.25) is 5.91 Å². The summed E-state index contributed by atoms with van der Waals surface area (Å²) in [7, 11) is 0. The normalized spacial score (nSPS) is 14.8. The van der Waals surface area contributed by atoms with Gasteiger partial charge < -0.3 is 14.4 Å². The first-order valence-electron chi connectivity index (χ1n) is 11.4. The van der Waals surface area contributed by atoms with E-state index in [2.05, 4.69) is 0 Å². The Morgan fingerprint density at radius 2 is 1.62 bits per heavy atom. The molecule has 3 aromatic rings. The molecule has 0 radical (unpaired) electrons. The average Bonchev–Trinajstić information content (AvgIpc) is 3.29. The second kappa shape index (κ2) is 10.8. The van der Waals surface area contributed by atoms with E-state index < -0.39 is 35.2 Å². The van der Waals surface area contributed by atoms with Gasteiger partial charge >= 0.3 is 11.9 Å². The number of ether oxygens (including phenoxy) is 2. The van der Waals surface area contributed by atoms with Crippen molar-refractivity contribution in [3.05, 3.63) is 99.6 Å². The Morgan fingerprint density at radius 3 is 2.27 bits per heavy atom. The van der Waals surface area contributed by atoms with E-state index in [9.17, 15) is 29.3 Å². The Hall–Kier alpha value is -4.86. The molecule has 0 saturated carbocycles. The molecule has 0 spiro atoms. The lowest BCUT2D eigenvalue weighted by Gasteiger charge is -2.18. The third-order valence-corrected chi connectivity index (χ3v) is 5.91. The number of para-hydroxylation sites is 1. The highest BCUT2D eigenvalue weighted by molar-refractivity contribution is 6.01. The Balaban J connectivity index is 1.29. The van der Waals surface area contributed by atoms with Gasteiger partial charge in [0.05, 0.1) is 16.4 Å². The SMILES string of the molecule is Cc1ccccc1N1C[C@H](C(=O)OCC(=O)c2ccc(OC(=O)c3ccc([N+](=O)[O-])cc3)cc2)CC1=O. The molecule has 0 aromatic heterocycles. The van der Waals surface area contributed by atoms with Crippen molar-refractivity contribution in [1.82, 2.24) is 0 Å². The second-order valence-corrected chi connectivity index (χ2v) is 8.44. The van der Waals surface area contributed by atoms with E-state index in [1.54, 1.807) is 4.90 Å². The van der Waals surface area contributed by atoms with Crippen molar-refractivity contribution < 1.29 is 33.6 Å². The monoisotopic (exact) mass is 502 g/mol. The van der Waals surface area contributed by atoms with Crippen molar-refractivity contribution in [2.24, 2.45) is 5.92 Å². The minimum Gasteiger partial charge on any atom is -0.457 e. The zero-order valence-electron chi connectivity index (χ0n) is 19.8. The first-order chi connectivity index (χ1) is 17.7. The van der Waals surface area contributed by atoms with E-state index >= 15 is 0 Å². The van der Waals surface area contributed by atoms with Gasteiger partial charge in [-0.05, 0) is 55.0 Å². The maximum absolute atomic E-state index is 12.5. The zero-order chi connectivity index (χ0) is 26.5. The summed E-state index contributed by atoms with van der Waals surface area (Å²) in [5.41, 5.74) is 1.88. The van der Waals surface area contributed by atoms with Crippen LogP contribution in [0.1, 0.15) is 32.7 Å². The molecule has 1 fully saturated rings. The van der Waals surface area contributed by atoms with Crippen molar-refractivity contribution in [2.75, 3.05) is 18.1 Å². The maximum atomic E-state index is 12.5. The number of non-ortho nitro benzene ring substituents is 1. The topological polar surface area (TPSA) is 133 Å². The summed E-state index contributed by atoms with van der Waals surface area (Å²) in [6.45, 7) is 1.58. The number of amides is 1. The highest BCUT2D eigenvalue weighted by Gasteiger charge is 2.36. The lowest BCUT2D eigenvalue weighted by molar-refractivity contribution is -0.384. The molecule has 1 heterocycles. The number of nitro benzene ring substituents is 1. The molecule has 0 N–H and O–H groups in total. The molecule has 1 amide bonds. The highest BCUT2D eigenvalue weighted by atomic mass is 16.6. The van der Waals surface area contributed by atoms with E-state index in [-0.39, 0.29) is 41.4 Å². The van der Waals surface area contributed by atoms with E-state index in [1.807, 2.05) is 31.2 Å². The van der Waals surface area contributed by atoms with Crippen LogP contribution < -0.4 is 9.64 Å². The van der Waals surface area contributed by atoms with Crippen LogP contribution in [-0.4, -0.2) is 41.7 Å². The molecule has 10 nitrogen and oxygen atoms in total. The fraction of sp³-hybridized carbons (Fsp3) is 0.185. The van der Waals surface area contributed by atoms with Crippen LogP contribution in [0.3, 0.4) is 0 Å². The van der Waals surface area contributed by atoms with E-state index in [4.69, 9.17) is 9.47 Å². The summed E-state index contributed by atoms with van der Waals surface area (Å²) in [4.78, 5) is 61.4. The van der Waals surface area contributed by atoms with Crippen LogP contribution in [0.25, 0.3) is 0 Å². The Bertz CT molecular complexity index is 1370. The van der Waals surface area contributed by atoms with Gasteiger partial charge in [-0.1, -0.05) is 18.2 Å². The van der Waals surface area contributed by atoms with Crippen molar-refractivity contribution in [3.63, 3.8) is 0 Å². The minimum atomic E-state index is -0.714. The quantitative estimate of drug-likeness (QED) is 0.149. The number of carbonyl (C=O) groups excluding carboxylic acids is 4.